The fraction of sp³-hybridized carbons (Fsp3) is 0.357. The minimum absolute atomic E-state index is 0.0530. The van der Waals surface area contributed by atoms with Crippen molar-refractivity contribution in [3.63, 3.8) is 0 Å². The molecular formula is C14H18I3N5O4. The molecule has 2 amide bonds. The van der Waals surface area contributed by atoms with E-state index in [0.29, 0.717) is 10.7 Å². The Morgan fingerprint density at radius 3 is 1.85 bits per heavy atom. The zero-order valence-corrected chi connectivity index (χ0v) is 20.0. The zero-order valence-electron chi connectivity index (χ0n) is 13.5. The first-order valence-corrected chi connectivity index (χ1v) is 10.6. The Labute approximate surface area is 191 Å². The van der Waals surface area contributed by atoms with Crippen molar-refractivity contribution in [3.8, 4) is 0 Å². The number of rotatable bonds is 8. The first-order chi connectivity index (χ1) is 12.2. The SMILES string of the molecule is NCCN(CCN)C(=O)c1c(I)c(NC(=O)CN)c(I)c(C(=O)O)c1I. The van der Waals surface area contributed by atoms with Gasteiger partial charge in [-0.15, -0.1) is 0 Å². The van der Waals surface area contributed by atoms with Gasteiger partial charge in [-0.25, -0.2) is 4.79 Å². The molecule has 0 atom stereocenters. The van der Waals surface area contributed by atoms with Crippen molar-refractivity contribution in [2.75, 3.05) is 38.0 Å². The Hall–Kier alpha value is -0.300. The number of halogens is 3. The summed E-state index contributed by atoms with van der Waals surface area (Å²) in [6.07, 6.45) is 0. The van der Waals surface area contributed by atoms with Crippen LogP contribution in [0.4, 0.5) is 5.69 Å². The largest absolute Gasteiger partial charge is 0.478 e. The lowest BCUT2D eigenvalue weighted by Crippen LogP contribution is -2.40. The highest BCUT2D eigenvalue weighted by molar-refractivity contribution is 14.1. The fourth-order valence-electron chi connectivity index (χ4n) is 2.12. The molecule has 0 saturated heterocycles. The van der Waals surface area contributed by atoms with E-state index in [9.17, 15) is 19.5 Å². The molecule has 8 N–H and O–H groups in total. The van der Waals surface area contributed by atoms with Gasteiger partial charge in [0.15, 0.2) is 0 Å². The summed E-state index contributed by atoms with van der Waals surface area (Å²) in [6, 6.07) is 0. The fourth-order valence-corrected chi connectivity index (χ4v) is 6.48. The van der Waals surface area contributed by atoms with E-state index in [1.807, 2.05) is 67.8 Å². The summed E-state index contributed by atoms with van der Waals surface area (Å²) < 4.78 is 1.05. The van der Waals surface area contributed by atoms with Crippen molar-refractivity contribution in [3.05, 3.63) is 21.8 Å². The van der Waals surface area contributed by atoms with Gasteiger partial charge >= 0.3 is 5.97 Å². The zero-order chi connectivity index (χ0) is 20.0. The monoisotopic (exact) mass is 701 g/mol. The summed E-state index contributed by atoms with van der Waals surface area (Å²) >= 11 is 5.59. The number of benzene rings is 1. The molecular weight excluding hydrogens is 683 g/mol. The molecule has 1 rings (SSSR count). The molecule has 0 aliphatic heterocycles. The molecule has 0 aromatic heterocycles. The second kappa shape index (κ2) is 10.9. The number of amides is 2. The quantitative estimate of drug-likeness (QED) is 0.246. The number of hydrogen-bond donors (Lipinski definition) is 5. The van der Waals surface area contributed by atoms with Crippen LogP contribution < -0.4 is 22.5 Å². The number of nitrogens with two attached hydrogens (primary N) is 3. The van der Waals surface area contributed by atoms with Crippen LogP contribution in [-0.2, 0) is 4.79 Å². The van der Waals surface area contributed by atoms with Crippen molar-refractivity contribution in [2.45, 2.75) is 0 Å². The predicted octanol–water partition coefficient (Wildman–Crippen LogP) is 0.455. The van der Waals surface area contributed by atoms with Crippen LogP contribution in [-0.4, -0.2) is 60.5 Å². The lowest BCUT2D eigenvalue weighted by molar-refractivity contribution is -0.114. The third-order valence-corrected chi connectivity index (χ3v) is 6.52. The molecule has 0 radical (unpaired) electrons. The van der Waals surface area contributed by atoms with Gasteiger partial charge in [0.2, 0.25) is 5.91 Å². The molecule has 1 aromatic carbocycles. The molecule has 0 aliphatic rings. The van der Waals surface area contributed by atoms with Crippen LogP contribution in [0.5, 0.6) is 0 Å². The average Bonchev–Trinajstić information content (AvgIpc) is 2.57. The average molecular weight is 701 g/mol. The molecule has 26 heavy (non-hydrogen) atoms. The third-order valence-electron chi connectivity index (χ3n) is 3.28. The smallest absolute Gasteiger partial charge is 0.337 e. The van der Waals surface area contributed by atoms with Gasteiger partial charge in [-0.1, -0.05) is 0 Å². The molecule has 12 heteroatoms. The van der Waals surface area contributed by atoms with Gasteiger partial charge in [-0.3, -0.25) is 9.59 Å². The molecule has 0 spiro atoms. The minimum atomic E-state index is -1.20. The standard InChI is InChI=1S/C14H18I3N5O4/c15-9-7(13(24)22(3-1-18)4-2-19)10(16)12(21-6(23)5-20)11(17)8(9)14(25)26/h1-5,18-20H2,(H,21,23)(H,25,26). The van der Waals surface area contributed by atoms with Crippen molar-refractivity contribution in [2.24, 2.45) is 17.2 Å². The van der Waals surface area contributed by atoms with E-state index in [-0.39, 0.29) is 49.5 Å². The number of aromatic carboxylic acids is 1. The van der Waals surface area contributed by atoms with E-state index in [4.69, 9.17) is 17.2 Å². The number of carbonyl (C=O) groups excluding carboxylic acids is 2. The molecule has 0 fully saturated rings. The van der Waals surface area contributed by atoms with Crippen LogP contribution in [0.3, 0.4) is 0 Å². The first-order valence-electron chi connectivity index (χ1n) is 7.34. The van der Waals surface area contributed by atoms with Crippen molar-refractivity contribution < 1.29 is 19.5 Å². The summed E-state index contributed by atoms with van der Waals surface area (Å²) in [5.74, 6) is -2.08. The lowest BCUT2D eigenvalue weighted by atomic mass is 10.1. The summed E-state index contributed by atoms with van der Waals surface area (Å²) in [7, 11) is 0. The molecule has 0 bridgehead atoms. The number of carboxylic acids is 1. The van der Waals surface area contributed by atoms with Gasteiger partial charge in [-0.2, -0.15) is 0 Å². The van der Waals surface area contributed by atoms with Crippen LogP contribution in [0.25, 0.3) is 0 Å². The second-order valence-electron chi connectivity index (χ2n) is 4.99. The molecule has 0 heterocycles. The van der Waals surface area contributed by atoms with Crippen LogP contribution in [0.2, 0.25) is 0 Å². The van der Waals surface area contributed by atoms with E-state index < -0.39 is 17.8 Å². The number of anilines is 1. The highest BCUT2D eigenvalue weighted by Crippen LogP contribution is 2.36. The topological polar surface area (TPSA) is 165 Å². The van der Waals surface area contributed by atoms with E-state index in [1.54, 1.807) is 0 Å². The Kier molecular flexibility index (Phi) is 9.94. The Balaban J connectivity index is 3.67. The van der Waals surface area contributed by atoms with Gasteiger partial charge in [0.05, 0.1) is 30.5 Å². The van der Waals surface area contributed by atoms with Crippen molar-refractivity contribution in [1.82, 2.24) is 4.90 Å². The third kappa shape index (κ3) is 5.37. The maximum absolute atomic E-state index is 13.0. The van der Waals surface area contributed by atoms with E-state index in [1.165, 1.54) is 4.90 Å². The molecule has 9 nitrogen and oxygen atoms in total. The summed E-state index contributed by atoms with van der Waals surface area (Å²) in [5, 5.41) is 12.2. The van der Waals surface area contributed by atoms with Gasteiger partial charge in [0.25, 0.3) is 5.91 Å². The summed E-state index contributed by atoms with van der Waals surface area (Å²) in [4.78, 5) is 38.0. The van der Waals surface area contributed by atoms with Crippen LogP contribution in [0.1, 0.15) is 20.7 Å². The predicted molar refractivity (Wildman–Crippen MR) is 123 cm³/mol. The van der Waals surface area contributed by atoms with Gasteiger partial charge < -0.3 is 32.5 Å². The maximum atomic E-state index is 13.0. The number of nitrogens with one attached hydrogen (secondary N) is 1. The number of nitrogens with zero attached hydrogens (tertiary/aromatic N) is 1. The molecule has 144 valence electrons. The highest BCUT2D eigenvalue weighted by Gasteiger charge is 2.30. The Bertz CT molecular complexity index is 723. The number of carboxylic acid groups (broad SMARTS) is 1. The first kappa shape index (κ1) is 23.7. The Morgan fingerprint density at radius 2 is 1.42 bits per heavy atom. The molecule has 0 unspecified atom stereocenters. The summed E-state index contributed by atoms with van der Waals surface area (Å²) in [6.45, 7) is 0.774. The van der Waals surface area contributed by atoms with Crippen molar-refractivity contribution in [1.29, 1.82) is 0 Å². The summed E-state index contributed by atoms with van der Waals surface area (Å²) in [5.41, 5.74) is 16.9. The van der Waals surface area contributed by atoms with E-state index in [0.717, 1.165) is 0 Å². The van der Waals surface area contributed by atoms with Crippen LogP contribution in [0.15, 0.2) is 0 Å². The van der Waals surface area contributed by atoms with Crippen LogP contribution >= 0.6 is 67.8 Å². The van der Waals surface area contributed by atoms with Gasteiger partial charge in [0.1, 0.15) is 0 Å². The van der Waals surface area contributed by atoms with Gasteiger partial charge in [-0.05, 0) is 67.8 Å². The van der Waals surface area contributed by atoms with E-state index in [2.05, 4.69) is 5.32 Å². The van der Waals surface area contributed by atoms with E-state index >= 15 is 0 Å². The number of carbonyl (C=O) groups is 3. The van der Waals surface area contributed by atoms with Crippen molar-refractivity contribution >= 4 is 91.2 Å². The van der Waals surface area contributed by atoms with Gasteiger partial charge in [0, 0.05) is 29.7 Å². The number of hydrogen-bond acceptors (Lipinski definition) is 6. The lowest BCUT2D eigenvalue weighted by Gasteiger charge is -2.24. The maximum Gasteiger partial charge on any atom is 0.337 e. The van der Waals surface area contributed by atoms with Crippen LogP contribution in [0, 0.1) is 10.7 Å². The minimum Gasteiger partial charge on any atom is -0.478 e. The molecule has 0 aliphatic carbocycles. The second-order valence-corrected chi connectivity index (χ2v) is 8.23. The molecule has 0 saturated carbocycles. The highest BCUT2D eigenvalue weighted by atomic mass is 127. The Morgan fingerprint density at radius 1 is 0.923 bits per heavy atom. The normalized spacial score (nSPS) is 10.5. The molecule has 1 aromatic rings.